The number of benzene rings is 2. The molecule has 0 amide bonds. The van der Waals surface area contributed by atoms with Crippen LogP contribution in [0.15, 0.2) is 54.9 Å². The number of hydrogen-bond acceptors (Lipinski definition) is 3. The van der Waals surface area contributed by atoms with Crippen LogP contribution in [-0.4, -0.2) is 28.7 Å². The molecule has 1 saturated carbocycles. The van der Waals surface area contributed by atoms with Gasteiger partial charge in [0.2, 0.25) is 0 Å². The highest BCUT2D eigenvalue weighted by Crippen LogP contribution is 2.45. The number of para-hydroxylation sites is 2. The molecule has 0 radical (unpaired) electrons. The summed E-state index contributed by atoms with van der Waals surface area (Å²) in [4.78, 5) is 4.50. The van der Waals surface area contributed by atoms with Crippen molar-refractivity contribution in [2.24, 2.45) is 5.41 Å². The molecule has 1 atom stereocenters. The fourth-order valence-corrected chi connectivity index (χ4v) is 5.16. The van der Waals surface area contributed by atoms with Crippen LogP contribution in [0.2, 0.25) is 0 Å². The molecule has 27 heavy (non-hydrogen) atoms. The second kappa shape index (κ2) is 7.10. The average Bonchev–Trinajstić information content (AvgIpc) is 3.32. The van der Waals surface area contributed by atoms with Gasteiger partial charge in [0.1, 0.15) is 6.33 Å². The van der Waals surface area contributed by atoms with Crippen LogP contribution in [0.5, 0.6) is 0 Å². The monoisotopic (exact) mass is 360 g/mol. The van der Waals surface area contributed by atoms with Crippen molar-refractivity contribution in [2.45, 2.75) is 44.7 Å². The van der Waals surface area contributed by atoms with E-state index < -0.39 is 0 Å². The molecule has 4 heteroatoms. The van der Waals surface area contributed by atoms with Crippen LogP contribution in [0, 0.1) is 5.41 Å². The summed E-state index contributed by atoms with van der Waals surface area (Å²) in [6, 6.07) is 17.9. The summed E-state index contributed by atoms with van der Waals surface area (Å²) in [5.41, 5.74) is 5.27. The van der Waals surface area contributed by atoms with E-state index in [0.29, 0.717) is 11.5 Å². The summed E-state index contributed by atoms with van der Waals surface area (Å²) in [7, 11) is 0. The van der Waals surface area contributed by atoms with Gasteiger partial charge in [-0.25, -0.2) is 4.98 Å². The Morgan fingerprint density at radius 3 is 2.70 bits per heavy atom. The van der Waals surface area contributed by atoms with Gasteiger partial charge in [-0.1, -0.05) is 30.7 Å². The lowest BCUT2D eigenvalue weighted by Gasteiger charge is -2.40. The maximum atomic E-state index is 4.50. The average molecular weight is 361 g/mol. The Morgan fingerprint density at radius 1 is 1.04 bits per heavy atom. The van der Waals surface area contributed by atoms with Crippen LogP contribution in [0.1, 0.15) is 37.7 Å². The van der Waals surface area contributed by atoms with Crippen molar-refractivity contribution in [3.63, 3.8) is 0 Å². The summed E-state index contributed by atoms with van der Waals surface area (Å²) in [5, 5.41) is 7.42. The number of nitrogens with one attached hydrogen (secondary N) is 2. The first kappa shape index (κ1) is 17.0. The van der Waals surface area contributed by atoms with Crippen LogP contribution < -0.4 is 10.6 Å². The number of piperidine rings is 1. The minimum absolute atomic E-state index is 0.543. The van der Waals surface area contributed by atoms with Gasteiger partial charge in [-0.15, -0.1) is 0 Å². The lowest BCUT2D eigenvalue weighted by Crippen LogP contribution is -2.47. The Morgan fingerprint density at radius 2 is 1.85 bits per heavy atom. The summed E-state index contributed by atoms with van der Waals surface area (Å²) in [6.07, 6.45) is 8.69. The van der Waals surface area contributed by atoms with Gasteiger partial charge in [-0.3, -0.25) is 4.57 Å². The van der Waals surface area contributed by atoms with E-state index in [9.17, 15) is 0 Å². The molecule has 1 saturated heterocycles. The molecule has 1 unspecified atom stereocenters. The highest BCUT2D eigenvalue weighted by Gasteiger charge is 2.42. The van der Waals surface area contributed by atoms with Crippen molar-refractivity contribution >= 4 is 11.0 Å². The minimum Gasteiger partial charge on any atom is -0.317 e. The summed E-state index contributed by atoms with van der Waals surface area (Å²) in [6.45, 7) is 3.34. The number of fused-ring (bicyclic) bond motifs is 1. The fourth-order valence-electron chi connectivity index (χ4n) is 5.16. The van der Waals surface area contributed by atoms with E-state index in [0.717, 1.165) is 17.6 Å². The van der Waals surface area contributed by atoms with Gasteiger partial charge in [0.05, 0.1) is 11.0 Å². The molecule has 1 aliphatic heterocycles. The zero-order valence-electron chi connectivity index (χ0n) is 15.8. The smallest absolute Gasteiger partial charge is 0.100 e. The SMILES string of the molecule is c1ccc2c(c1)ncn2-c1ccc(CNC2CCCC23CCNCC3)cc1. The fraction of sp³-hybridized carbons (Fsp3) is 0.435. The molecular weight excluding hydrogens is 332 g/mol. The highest BCUT2D eigenvalue weighted by molar-refractivity contribution is 5.77. The van der Waals surface area contributed by atoms with Crippen LogP contribution in [0.25, 0.3) is 16.7 Å². The third-order valence-electron chi connectivity index (χ3n) is 6.73. The molecule has 2 N–H and O–H groups in total. The lowest BCUT2D eigenvalue weighted by atomic mass is 9.74. The number of imidazole rings is 1. The largest absolute Gasteiger partial charge is 0.317 e. The van der Waals surface area contributed by atoms with Crippen molar-refractivity contribution < 1.29 is 0 Å². The first-order chi connectivity index (χ1) is 13.3. The van der Waals surface area contributed by atoms with Crippen LogP contribution in [0.3, 0.4) is 0 Å². The van der Waals surface area contributed by atoms with Crippen LogP contribution in [0.4, 0.5) is 0 Å². The third kappa shape index (κ3) is 3.17. The molecular formula is C23H28N4. The molecule has 1 aromatic heterocycles. The van der Waals surface area contributed by atoms with E-state index in [2.05, 4.69) is 62.6 Å². The summed E-state index contributed by atoms with van der Waals surface area (Å²) < 4.78 is 2.16. The first-order valence-electron chi connectivity index (χ1n) is 10.3. The van der Waals surface area contributed by atoms with Gasteiger partial charge in [-0.05, 0) is 74.0 Å². The molecule has 2 heterocycles. The zero-order valence-corrected chi connectivity index (χ0v) is 15.8. The van der Waals surface area contributed by atoms with Crippen molar-refractivity contribution in [1.29, 1.82) is 0 Å². The molecule has 3 aromatic rings. The minimum atomic E-state index is 0.543. The molecule has 2 aromatic carbocycles. The Balaban J connectivity index is 1.28. The molecule has 1 aliphatic carbocycles. The first-order valence-corrected chi connectivity index (χ1v) is 10.3. The van der Waals surface area contributed by atoms with E-state index in [1.165, 1.54) is 56.4 Å². The number of nitrogens with zero attached hydrogens (tertiary/aromatic N) is 2. The summed E-state index contributed by atoms with van der Waals surface area (Å²) >= 11 is 0. The zero-order chi connectivity index (χ0) is 18.1. The molecule has 0 bridgehead atoms. The van der Waals surface area contributed by atoms with E-state index >= 15 is 0 Å². The normalized spacial score (nSPS) is 21.9. The Kier molecular flexibility index (Phi) is 4.46. The quantitative estimate of drug-likeness (QED) is 0.738. The third-order valence-corrected chi connectivity index (χ3v) is 6.73. The van der Waals surface area contributed by atoms with Gasteiger partial charge >= 0.3 is 0 Å². The Hall–Kier alpha value is -2.17. The molecule has 2 fully saturated rings. The van der Waals surface area contributed by atoms with Crippen molar-refractivity contribution in [3.8, 4) is 5.69 Å². The van der Waals surface area contributed by atoms with Gasteiger partial charge < -0.3 is 10.6 Å². The van der Waals surface area contributed by atoms with Crippen LogP contribution >= 0.6 is 0 Å². The maximum absolute atomic E-state index is 4.50. The van der Waals surface area contributed by atoms with Gasteiger partial charge in [-0.2, -0.15) is 0 Å². The predicted octanol–water partition coefficient (Wildman–Crippen LogP) is 4.04. The second-order valence-corrected chi connectivity index (χ2v) is 8.21. The highest BCUT2D eigenvalue weighted by atomic mass is 15.0. The van der Waals surface area contributed by atoms with E-state index in [1.807, 2.05) is 12.4 Å². The summed E-state index contributed by atoms with van der Waals surface area (Å²) in [5.74, 6) is 0. The molecule has 5 rings (SSSR count). The van der Waals surface area contributed by atoms with Crippen molar-refractivity contribution in [3.05, 3.63) is 60.4 Å². The Labute approximate surface area is 161 Å². The topological polar surface area (TPSA) is 41.9 Å². The van der Waals surface area contributed by atoms with E-state index in [-0.39, 0.29) is 0 Å². The van der Waals surface area contributed by atoms with Crippen molar-refractivity contribution in [1.82, 2.24) is 20.2 Å². The maximum Gasteiger partial charge on any atom is 0.100 e. The number of rotatable bonds is 4. The molecule has 140 valence electrons. The standard InChI is InChI=1S/C23H28N4/c1-2-5-21-20(4-1)26-17-27(21)19-9-7-18(8-10-19)16-25-22-6-3-11-23(22)12-14-24-15-13-23/h1-2,4-5,7-10,17,22,24-25H,3,6,11-16H2. The van der Waals surface area contributed by atoms with Gasteiger partial charge in [0, 0.05) is 18.3 Å². The van der Waals surface area contributed by atoms with E-state index in [4.69, 9.17) is 0 Å². The second-order valence-electron chi connectivity index (χ2n) is 8.21. The van der Waals surface area contributed by atoms with Gasteiger partial charge in [0.15, 0.2) is 0 Å². The lowest BCUT2D eigenvalue weighted by molar-refractivity contribution is 0.159. The Bertz CT molecular complexity index is 906. The molecule has 4 nitrogen and oxygen atoms in total. The predicted molar refractivity (Wildman–Crippen MR) is 110 cm³/mol. The molecule has 1 spiro atoms. The number of hydrogen-bond donors (Lipinski definition) is 2. The molecule has 2 aliphatic rings. The van der Waals surface area contributed by atoms with Gasteiger partial charge in [0.25, 0.3) is 0 Å². The van der Waals surface area contributed by atoms with E-state index in [1.54, 1.807) is 0 Å². The number of aromatic nitrogens is 2. The van der Waals surface area contributed by atoms with Crippen molar-refractivity contribution in [2.75, 3.05) is 13.1 Å². The van der Waals surface area contributed by atoms with Crippen LogP contribution in [-0.2, 0) is 6.54 Å².